The summed E-state index contributed by atoms with van der Waals surface area (Å²) in [6, 6.07) is 3.48. The van der Waals surface area contributed by atoms with E-state index in [9.17, 15) is 0 Å². The number of nitrogens with two attached hydrogens (primary N) is 1. The van der Waals surface area contributed by atoms with Gasteiger partial charge in [-0.2, -0.15) is 12.6 Å². The quantitative estimate of drug-likeness (QED) is 0.618. The third-order valence-electron chi connectivity index (χ3n) is 1.75. The average Bonchev–Trinajstić information content (AvgIpc) is 2.17. The summed E-state index contributed by atoms with van der Waals surface area (Å²) in [6.07, 6.45) is 3.79. The Morgan fingerprint density at radius 3 is 2.86 bits per heavy atom. The number of thiol groups is 1. The fourth-order valence-corrected chi connectivity index (χ4v) is 1.41. The Hall–Kier alpha value is -0.800. The Morgan fingerprint density at radius 2 is 2.29 bits per heavy atom. The average molecular weight is 230 g/mol. The van der Waals surface area contributed by atoms with E-state index in [1.54, 1.807) is 19.2 Å². The van der Waals surface area contributed by atoms with Crippen LogP contribution in [0.25, 0.3) is 6.08 Å². The Morgan fingerprint density at radius 1 is 1.57 bits per heavy atom. The molecular weight excluding hydrogens is 218 g/mol. The first-order chi connectivity index (χ1) is 6.69. The Labute approximate surface area is 94.1 Å². The van der Waals surface area contributed by atoms with Gasteiger partial charge in [0.05, 0.1) is 17.8 Å². The van der Waals surface area contributed by atoms with Crippen LogP contribution < -0.4 is 10.5 Å². The van der Waals surface area contributed by atoms with Crippen molar-refractivity contribution >= 4 is 36.0 Å². The molecule has 0 aromatic heterocycles. The minimum absolute atomic E-state index is 0.542. The van der Waals surface area contributed by atoms with E-state index in [4.69, 9.17) is 22.1 Å². The summed E-state index contributed by atoms with van der Waals surface area (Å²) in [5, 5.41) is 0.612. The van der Waals surface area contributed by atoms with Gasteiger partial charge in [0, 0.05) is 5.75 Å². The van der Waals surface area contributed by atoms with E-state index < -0.39 is 0 Å². The van der Waals surface area contributed by atoms with E-state index in [-0.39, 0.29) is 0 Å². The second kappa shape index (κ2) is 5.17. The van der Waals surface area contributed by atoms with Crippen molar-refractivity contribution in [3.05, 3.63) is 28.8 Å². The predicted molar refractivity (Wildman–Crippen MR) is 65.3 cm³/mol. The minimum Gasteiger partial charge on any atom is -0.495 e. The molecular formula is C10H12ClNOS. The molecule has 0 atom stereocenters. The van der Waals surface area contributed by atoms with Crippen LogP contribution in [0.1, 0.15) is 5.56 Å². The van der Waals surface area contributed by atoms with Crippen LogP contribution in [0, 0.1) is 0 Å². The zero-order valence-electron chi connectivity index (χ0n) is 7.83. The molecule has 1 aromatic carbocycles. The highest BCUT2D eigenvalue weighted by molar-refractivity contribution is 7.80. The molecule has 0 unspecified atom stereocenters. The maximum absolute atomic E-state index is 5.98. The van der Waals surface area contributed by atoms with E-state index in [2.05, 4.69) is 12.6 Å². The first-order valence-electron chi connectivity index (χ1n) is 4.09. The monoisotopic (exact) mass is 229 g/mol. The fraction of sp³-hybridized carbons (Fsp3) is 0.200. The molecule has 1 aromatic rings. The van der Waals surface area contributed by atoms with Gasteiger partial charge in [0.15, 0.2) is 0 Å². The molecule has 0 saturated heterocycles. The van der Waals surface area contributed by atoms with Crippen LogP contribution in [-0.4, -0.2) is 12.9 Å². The van der Waals surface area contributed by atoms with Gasteiger partial charge in [0.1, 0.15) is 5.75 Å². The first kappa shape index (κ1) is 11.3. The van der Waals surface area contributed by atoms with E-state index in [0.29, 0.717) is 22.2 Å². The Bertz CT molecular complexity index is 352. The maximum Gasteiger partial charge on any atom is 0.142 e. The van der Waals surface area contributed by atoms with Gasteiger partial charge in [-0.05, 0) is 17.7 Å². The van der Waals surface area contributed by atoms with Gasteiger partial charge < -0.3 is 10.5 Å². The van der Waals surface area contributed by atoms with Crippen molar-refractivity contribution in [2.75, 3.05) is 18.6 Å². The van der Waals surface area contributed by atoms with Crippen LogP contribution in [0.3, 0.4) is 0 Å². The van der Waals surface area contributed by atoms with Crippen molar-refractivity contribution in [2.24, 2.45) is 0 Å². The molecule has 0 radical (unpaired) electrons. The van der Waals surface area contributed by atoms with Crippen LogP contribution in [-0.2, 0) is 0 Å². The second-order valence-electron chi connectivity index (χ2n) is 2.70. The molecule has 14 heavy (non-hydrogen) atoms. The Balaban J connectivity index is 3.10. The second-order valence-corrected chi connectivity index (χ2v) is 3.47. The van der Waals surface area contributed by atoms with E-state index in [1.807, 2.05) is 12.2 Å². The molecule has 0 heterocycles. The topological polar surface area (TPSA) is 35.2 Å². The molecule has 1 rings (SSSR count). The lowest BCUT2D eigenvalue weighted by molar-refractivity contribution is 0.417. The van der Waals surface area contributed by atoms with Crippen LogP contribution >= 0.6 is 24.2 Å². The van der Waals surface area contributed by atoms with Gasteiger partial charge in [-0.15, -0.1) is 0 Å². The molecule has 2 nitrogen and oxygen atoms in total. The Kier molecular flexibility index (Phi) is 4.17. The molecule has 4 heteroatoms. The van der Waals surface area contributed by atoms with Crippen molar-refractivity contribution in [1.29, 1.82) is 0 Å². The normalized spacial score (nSPS) is 10.8. The summed E-state index contributed by atoms with van der Waals surface area (Å²) in [6.45, 7) is 0. The van der Waals surface area contributed by atoms with Crippen molar-refractivity contribution in [3.63, 3.8) is 0 Å². The van der Waals surface area contributed by atoms with Gasteiger partial charge in [-0.25, -0.2) is 0 Å². The summed E-state index contributed by atoms with van der Waals surface area (Å²) in [5.41, 5.74) is 7.10. The predicted octanol–water partition coefficient (Wildman–Crippen LogP) is 2.87. The van der Waals surface area contributed by atoms with Gasteiger partial charge in [0.25, 0.3) is 0 Å². The number of nitrogen functional groups attached to an aromatic ring is 1. The van der Waals surface area contributed by atoms with E-state index in [1.165, 1.54) is 0 Å². The molecule has 0 saturated carbocycles. The van der Waals surface area contributed by atoms with Crippen molar-refractivity contribution < 1.29 is 4.74 Å². The number of halogens is 1. The highest BCUT2D eigenvalue weighted by Crippen LogP contribution is 2.29. The van der Waals surface area contributed by atoms with E-state index in [0.717, 1.165) is 5.56 Å². The highest BCUT2D eigenvalue weighted by Gasteiger charge is 2.04. The lowest BCUT2D eigenvalue weighted by atomic mass is 10.2. The summed E-state index contributed by atoms with van der Waals surface area (Å²) >= 11 is 10.1. The molecule has 0 aliphatic carbocycles. The smallest absolute Gasteiger partial charge is 0.142 e. The van der Waals surface area contributed by atoms with Crippen molar-refractivity contribution in [3.8, 4) is 5.75 Å². The largest absolute Gasteiger partial charge is 0.495 e. The summed E-state index contributed by atoms with van der Waals surface area (Å²) in [7, 11) is 1.58. The third kappa shape index (κ3) is 2.59. The molecule has 2 N–H and O–H groups in total. The van der Waals surface area contributed by atoms with Gasteiger partial charge in [0.2, 0.25) is 0 Å². The van der Waals surface area contributed by atoms with E-state index >= 15 is 0 Å². The number of benzene rings is 1. The van der Waals surface area contributed by atoms with Gasteiger partial charge >= 0.3 is 0 Å². The molecule has 0 spiro atoms. The molecule has 0 amide bonds. The number of ether oxygens (including phenoxy) is 1. The lowest BCUT2D eigenvalue weighted by Crippen LogP contribution is -1.93. The number of hydrogen-bond acceptors (Lipinski definition) is 3. The number of methoxy groups -OCH3 is 1. The number of rotatable bonds is 3. The number of hydrogen-bond donors (Lipinski definition) is 2. The molecule has 0 bridgehead atoms. The zero-order chi connectivity index (χ0) is 10.6. The van der Waals surface area contributed by atoms with Crippen molar-refractivity contribution in [1.82, 2.24) is 0 Å². The molecule has 0 fully saturated rings. The van der Waals surface area contributed by atoms with Crippen LogP contribution in [0.5, 0.6) is 5.75 Å². The van der Waals surface area contributed by atoms with Crippen molar-refractivity contribution in [2.45, 2.75) is 0 Å². The number of anilines is 1. The van der Waals surface area contributed by atoms with Gasteiger partial charge in [-0.1, -0.05) is 23.8 Å². The molecule has 76 valence electrons. The standard InChI is InChI=1S/C10H12ClNOS/c1-13-10-5-7(3-2-4-14)8(11)6-9(10)12/h2-3,5-6,14H,4,12H2,1H3. The van der Waals surface area contributed by atoms with Crippen LogP contribution in [0.4, 0.5) is 5.69 Å². The summed E-state index contributed by atoms with van der Waals surface area (Å²) in [4.78, 5) is 0. The summed E-state index contributed by atoms with van der Waals surface area (Å²) in [5.74, 6) is 1.30. The maximum atomic E-state index is 5.98. The minimum atomic E-state index is 0.542. The summed E-state index contributed by atoms with van der Waals surface area (Å²) < 4.78 is 5.08. The van der Waals surface area contributed by atoms with Gasteiger partial charge in [-0.3, -0.25) is 0 Å². The SMILES string of the molecule is COc1cc(C=CCS)c(Cl)cc1N. The zero-order valence-corrected chi connectivity index (χ0v) is 9.48. The highest BCUT2D eigenvalue weighted by atomic mass is 35.5. The molecule has 0 aliphatic heterocycles. The molecule has 0 aliphatic rings. The van der Waals surface area contributed by atoms with Crippen LogP contribution in [0.2, 0.25) is 5.02 Å². The van der Waals surface area contributed by atoms with Crippen LogP contribution in [0.15, 0.2) is 18.2 Å². The fourth-order valence-electron chi connectivity index (χ4n) is 1.07. The first-order valence-corrected chi connectivity index (χ1v) is 5.10. The third-order valence-corrected chi connectivity index (χ3v) is 2.29. The lowest BCUT2D eigenvalue weighted by Gasteiger charge is -2.06.